The van der Waals surface area contributed by atoms with Crippen LogP contribution in [0.1, 0.15) is 16.8 Å². The molecule has 0 atom stereocenters. The number of halogens is 1. The summed E-state index contributed by atoms with van der Waals surface area (Å²) < 4.78 is 0. The van der Waals surface area contributed by atoms with Crippen molar-refractivity contribution in [3.05, 3.63) is 58.4 Å². The SMILES string of the molecule is Cc1cccc(CC(=O)Nc2ccc(Cl)nc2C)c1. The van der Waals surface area contributed by atoms with E-state index < -0.39 is 0 Å². The molecule has 0 unspecified atom stereocenters. The Bertz CT molecular complexity index is 611. The predicted octanol–water partition coefficient (Wildman–Crippen LogP) is 3.53. The summed E-state index contributed by atoms with van der Waals surface area (Å²) in [7, 11) is 0. The van der Waals surface area contributed by atoms with Crippen molar-refractivity contribution >= 4 is 23.2 Å². The molecule has 0 radical (unpaired) electrons. The zero-order chi connectivity index (χ0) is 13.8. The molecule has 2 aromatic rings. The first kappa shape index (κ1) is 13.6. The van der Waals surface area contributed by atoms with E-state index in [0.717, 1.165) is 11.1 Å². The van der Waals surface area contributed by atoms with Crippen LogP contribution < -0.4 is 5.32 Å². The first-order valence-electron chi connectivity index (χ1n) is 6.03. The van der Waals surface area contributed by atoms with Crippen molar-refractivity contribution < 1.29 is 4.79 Å². The molecule has 4 heteroatoms. The summed E-state index contributed by atoms with van der Waals surface area (Å²) in [6, 6.07) is 11.3. The first-order valence-corrected chi connectivity index (χ1v) is 6.41. The molecule has 0 saturated heterocycles. The number of nitrogens with one attached hydrogen (secondary N) is 1. The number of carbonyl (C=O) groups is 1. The molecule has 98 valence electrons. The maximum atomic E-state index is 12.0. The Kier molecular flexibility index (Phi) is 4.17. The minimum atomic E-state index is -0.0576. The van der Waals surface area contributed by atoms with E-state index in [1.165, 1.54) is 0 Å². The summed E-state index contributed by atoms with van der Waals surface area (Å²) in [6.07, 6.45) is 0.351. The van der Waals surface area contributed by atoms with Gasteiger partial charge >= 0.3 is 0 Å². The van der Waals surface area contributed by atoms with Crippen molar-refractivity contribution in [2.75, 3.05) is 5.32 Å². The van der Waals surface area contributed by atoms with E-state index in [1.807, 2.05) is 38.1 Å². The van der Waals surface area contributed by atoms with Crippen molar-refractivity contribution in [1.29, 1.82) is 0 Å². The minimum absolute atomic E-state index is 0.0576. The highest BCUT2D eigenvalue weighted by Crippen LogP contribution is 2.16. The second-order valence-electron chi connectivity index (χ2n) is 4.48. The summed E-state index contributed by atoms with van der Waals surface area (Å²) >= 11 is 5.78. The van der Waals surface area contributed by atoms with Crippen molar-refractivity contribution in [3.8, 4) is 0 Å². The molecule has 0 bridgehead atoms. The molecule has 1 aromatic heterocycles. The summed E-state index contributed by atoms with van der Waals surface area (Å²) in [5.41, 5.74) is 3.55. The molecule has 19 heavy (non-hydrogen) atoms. The van der Waals surface area contributed by atoms with Gasteiger partial charge in [0.15, 0.2) is 0 Å². The lowest BCUT2D eigenvalue weighted by Crippen LogP contribution is -2.15. The van der Waals surface area contributed by atoms with Crippen LogP contribution in [0.3, 0.4) is 0 Å². The molecule has 0 fully saturated rings. The van der Waals surface area contributed by atoms with Crippen LogP contribution in [0.25, 0.3) is 0 Å². The van der Waals surface area contributed by atoms with Crippen LogP contribution >= 0.6 is 11.6 Å². The van der Waals surface area contributed by atoms with E-state index in [-0.39, 0.29) is 5.91 Å². The standard InChI is InChI=1S/C15H15ClN2O/c1-10-4-3-5-12(8-10)9-15(19)18-13-6-7-14(16)17-11(13)2/h3-8H,9H2,1-2H3,(H,18,19). The second-order valence-corrected chi connectivity index (χ2v) is 4.87. The highest BCUT2D eigenvalue weighted by Gasteiger charge is 2.07. The smallest absolute Gasteiger partial charge is 0.228 e. The Morgan fingerprint density at radius 2 is 2.05 bits per heavy atom. The fourth-order valence-electron chi connectivity index (χ4n) is 1.86. The topological polar surface area (TPSA) is 42.0 Å². The van der Waals surface area contributed by atoms with E-state index in [4.69, 9.17) is 11.6 Å². The van der Waals surface area contributed by atoms with Gasteiger partial charge in [0.2, 0.25) is 5.91 Å². The van der Waals surface area contributed by atoms with E-state index >= 15 is 0 Å². The van der Waals surface area contributed by atoms with Gasteiger partial charge in [-0.1, -0.05) is 41.4 Å². The van der Waals surface area contributed by atoms with Gasteiger partial charge in [0.05, 0.1) is 17.8 Å². The van der Waals surface area contributed by atoms with Gasteiger partial charge in [-0.2, -0.15) is 0 Å². The van der Waals surface area contributed by atoms with Crippen LogP contribution in [0.5, 0.6) is 0 Å². The lowest BCUT2D eigenvalue weighted by atomic mass is 10.1. The van der Waals surface area contributed by atoms with E-state index in [0.29, 0.717) is 23.0 Å². The summed E-state index contributed by atoms with van der Waals surface area (Å²) in [6.45, 7) is 3.82. The highest BCUT2D eigenvalue weighted by molar-refractivity contribution is 6.29. The van der Waals surface area contributed by atoms with Gasteiger partial charge in [-0.15, -0.1) is 0 Å². The predicted molar refractivity (Wildman–Crippen MR) is 77.5 cm³/mol. The molecule has 0 spiro atoms. The quantitative estimate of drug-likeness (QED) is 0.870. The number of nitrogens with zero attached hydrogens (tertiary/aromatic N) is 1. The molecule has 2 rings (SSSR count). The molecular weight excluding hydrogens is 260 g/mol. The molecule has 1 amide bonds. The first-order chi connectivity index (χ1) is 9.04. The van der Waals surface area contributed by atoms with Gasteiger partial charge in [0, 0.05) is 0 Å². The molecule has 1 aromatic carbocycles. The molecule has 0 aliphatic carbocycles. The van der Waals surface area contributed by atoms with E-state index in [2.05, 4.69) is 10.3 Å². The number of rotatable bonds is 3. The van der Waals surface area contributed by atoms with Crippen molar-refractivity contribution in [1.82, 2.24) is 4.98 Å². The Morgan fingerprint density at radius 3 is 2.74 bits per heavy atom. The van der Waals surface area contributed by atoms with Crippen LogP contribution in [-0.4, -0.2) is 10.9 Å². The molecule has 1 N–H and O–H groups in total. The molecule has 0 aliphatic heterocycles. The molecule has 3 nitrogen and oxygen atoms in total. The number of pyridine rings is 1. The number of hydrogen-bond acceptors (Lipinski definition) is 2. The number of amides is 1. The molecule has 0 aliphatic rings. The third-order valence-corrected chi connectivity index (χ3v) is 2.98. The maximum Gasteiger partial charge on any atom is 0.228 e. The summed E-state index contributed by atoms with van der Waals surface area (Å²) in [5.74, 6) is -0.0576. The molecular formula is C15H15ClN2O. The second kappa shape index (κ2) is 5.85. The zero-order valence-electron chi connectivity index (χ0n) is 10.9. The van der Waals surface area contributed by atoms with Gasteiger partial charge in [0.1, 0.15) is 5.15 Å². The summed E-state index contributed by atoms with van der Waals surface area (Å²) in [5, 5.41) is 3.27. The lowest BCUT2D eigenvalue weighted by molar-refractivity contribution is -0.115. The van der Waals surface area contributed by atoms with E-state index in [9.17, 15) is 4.79 Å². The largest absolute Gasteiger partial charge is 0.324 e. The van der Waals surface area contributed by atoms with Crippen LogP contribution in [0, 0.1) is 13.8 Å². The third kappa shape index (κ3) is 3.80. The minimum Gasteiger partial charge on any atom is -0.324 e. The van der Waals surface area contributed by atoms with Gasteiger partial charge in [-0.05, 0) is 31.5 Å². The highest BCUT2D eigenvalue weighted by atomic mass is 35.5. The van der Waals surface area contributed by atoms with Crippen LogP contribution in [0.15, 0.2) is 36.4 Å². The Hall–Kier alpha value is -1.87. The van der Waals surface area contributed by atoms with Crippen molar-refractivity contribution in [2.24, 2.45) is 0 Å². The van der Waals surface area contributed by atoms with Gasteiger partial charge < -0.3 is 5.32 Å². The third-order valence-electron chi connectivity index (χ3n) is 2.77. The number of hydrogen-bond donors (Lipinski definition) is 1. The number of aryl methyl sites for hydroxylation is 2. The lowest BCUT2D eigenvalue weighted by Gasteiger charge is -2.08. The average molecular weight is 275 g/mol. The maximum absolute atomic E-state index is 12.0. The Labute approximate surface area is 117 Å². The molecule has 1 heterocycles. The Balaban J connectivity index is 2.05. The van der Waals surface area contributed by atoms with Crippen LogP contribution in [0.2, 0.25) is 5.15 Å². The van der Waals surface area contributed by atoms with Gasteiger partial charge in [-0.25, -0.2) is 4.98 Å². The number of benzene rings is 1. The number of anilines is 1. The van der Waals surface area contributed by atoms with Crippen molar-refractivity contribution in [2.45, 2.75) is 20.3 Å². The molecule has 0 saturated carbocycles. The van der Waals surface area contributed by atoms with Crippen molar-refractivity contribution in [3.63, 3.8) is 0 Å². The zero-order valence-corrected chi connectivity index (χ0v) is 11.7. The van der Waals surface area contributed by atoms with Gasteiger partial charge in [0.25, 0.3) is 0 Å². The summed E-state index contributed by atoms with van der Waals surface area (Å²) in [4.78, 5) is 16.1. The number of carbonyl (C=O) groups excluding carboxylic acids is 1. The van der Waals surface area contributed by atoms with E-state index in [1.54, 1.807) is 12.1 Å². The fraction of sp³-hybridized carbons (Fsp3) is 0.200. The average Bonchev–Trinajstić information content (AvgIpc) is 2.33. The van der Waals surface area contributed by atoms with Crippen LogP contribution in [0.4, 0.5) is 5.69 Å². The monoisotopic (exact) mass is 274 g/mol. The fourth-order valence-corrected chi connectivity index (χ4v) is 2.05. The van der Waals surface area contributed by atoms with Gasteiger partial charge in [-0.3, -0.25) is 4.79 Å². The normalized spacial score (nSPS) is 10.3. The number of aromatic nitrogens is 1. The van der Waals surface area contributed by atoms with Crippen LogP contribution in [-0.2, 0) is 11.2 Å². The Morgan fingerprint density at radius 1 is 1.26 bits per heavy atom.